The summed E-state index contributed by atoms with van der Waals surface area (Å²) < 4.78 is 15.6. The molecule has 5 nitrogen and oxygen atoms in total. The normalized spacial score (nSPS) is 11.0. The largest absolute Gasteiger partial charge is 0.495 e. The van der Waals surface area contributed by atoms with E-state index < -0.39 is 5.60 Å². The van der Waals surface area contributed by atoms with Crippen LogP contribution < -0.4 is 14.8 Å². The number of esters is 1. The fourth-order valence-corrected chi connectivity index (χ4v) is 1.92. The van der Waals surface area contributed by atoms with E-state index in [0.29, 0.717) is 28.8 Å². The lowest BCUT2D eigenvalue weighted by Crippen LogP contribution is -2.25. The topological polar surface area (TPSA) is 56.8 Å². The van der Waals surface area contributed by atoms with Gasteiger partial charge in [-0.1, -0.05) is 11.6 Å². The molecule has 0 aromatic heterocycles. The molecular formula is C15H22ClNO4. The van der Waals surface area contributed by atoms with Gasteiger partial charge in [0.15, 0.2) is 0 Å². The predicted octanol–water partition coefficient (Wildman–Crippen LogP) is 3.50. The molecule has 1 aromatic rings. The maximum atomic E-state index is 11.6. The van der Waals surface area contributed by atoms with E-state index in [9.17, 15) is 4.79 Å². The number of hydrogen-bond donors (Lipinski definition) is 1. The fraction of sp³-hybridized carbons (Fsp3) is 0.533. The van der Waals surface area contributed by atoms with E-state index in [1.54, 1.807) is 19.2 Å². The molecule has 21 heavy (non-hydrogen) atoms. The van der Waals surface area contributed by atoms with Crippen LogP contribution in [-0.4, -0.2) is 32.3 Å². The SMILES string of the molecule is COc1cc(NCCC(=O)OC(C)(C)C)c(OC)cc1Cl. The van der Waals surface area contributed by atoms with Crippen LogP contribution >= 0.6 is 11.6 Å². The molecule has 1 rings (SSSR count). The van der Waals surface area contributed by atoms with Gasteiger partial charge < -0.3 is 19.5 Å². The third-order valence-corrected chi connectivity index (χ3v) is 2.83. The van der Waals surface area contributed by atoms with Crippen molar-refractivity contribution in [2.75, 3.05) is 26.1 Å². The lowest BCUT2D eigenvalue weighted by Gasteiger charge is -2.19. The summed E-state index contributed by atoms with van der Waals surface area (Å²) in [4.78, 5) is 11.6. The van der Waals surface area contributed by atoms with Crippen LogP contribution in [0.15, 0.2) is 12.1 Å². The van der Waals surface area contributed by atoms with Crippen molar-refractivity contribution in [3.63, 3.8) is 0 Å². The van der Waals surface area contributed by atoms with Crippen molar-refractivity contribution in [3.05, 3.63) is 17.2 Å². The van der Waals surface area contributed by atoms with Gasteiger partial charge in [0.1, 0.15) is 17.1 Å². The molecule has 0 bridgehead atoms. The van der Waals surface area contributed by atoms with Crippen molar-refractivity contribution in [1.82, 2.24) is 0 Å². The highest BCUT2D eigenvalue weighted by Crippen LogP contribution is 2.35. The van der Waals surface area contributed by atoms with Crippen LogP contribution in [0.3, 0.4) is 0 Å². The Bertz CT molecular complexity index is 497. The summed E-state index contributed by atoms with van der Waals surface area (Å²) in [7, 11) is 3.09. The van der Waals surface area contributed by atoms with Gasteiger partial charge >= 0.3 is 5.97 Å². The number of nitrogens with one attached hydrogen (secondary N) is 1. The van der Waals surface area contributed by atoms with Gasteiger partial charge in [0.2, 0.25) is 0 Å². The summed E-state index contributed by atoms with van der Waals surface area (Å²) in [5, 5.41) is 3.58. The molecular weight excluding hydrogens is 294 g/mol. The maximum absolute atomic E-state index is 11.6. The second-order valence-electron chi connectivity index (χ2n) is 5.45. The van der Waals surface area contributed by atoms with Crippen molar-refractivity contribution in [2.45, 2.75) is 32.8 Å². The molecule has 0 saturated heterocycles. The highest BCUT2D eigenvalue weighted by molar-refractivity contribution is 6.32. The number of benzene rings is 1. The van der Waals surface area contributed by atoms with E-state index in [0.717, 1.165) is 0 Å². The van der Waals surface area contributed by atoms with Crippen LogP contribution in [-0.2, 0) is 9.53 Å². The van der Waals surface area contributed by atoms with Gasteiger partial charge in [-0.3, -0.25) is 4.79 Å². The number of halogens is 1. The fourth-order valence-electron chi connectivity index (χ4n) is 1.69. The second-order valence-corrected chi connectivity index (χ2v) is 5.86. The van der Waals surface area contributed by atoms with Gasteiger partial charge in [0, 0.05) is 18.7 Å². The number of hydrogen-bond acceptors (Lipinski definition) is 5. The Kier molecular flexibility index (Phi) is 6.15. The molecule has 0 fully saturated rings. The lowest BCUT2D eigenvalue weighted by atomic mass is 10.2. The third kappa shape index (κ3) is 5.71. The molecule has 1 aromatic carbocycles. The summed E-state index contributed by atoms with van der Waals surface area (Å²) in [6, 6.07) is 3.40. The molecule has 1 N–H and O–H groups in total. The van der Waals surface area contributed by atoms with Crippen molar-refractivity contribution < 1.29 is 19.0 Å². The first kappa shape index (κ1) is 17.4. The van der Waals surface area contributed by atoms with E-state index in [1.807, 2.05) is 20.8 Å². The van der Waals surface area contributed by atoms with Gasteiger partial charge in [0.05, 0.1) is 31.4 Å². The highest BCUT2D eigenvalue weighted by atomic mass is 35.5. The van der Waals surface area contributed by atoms with E-state index >= 15 is 0 Å². The number of methoxy groups -OCH3 is 2. The Morgan fingerprint density at radius 2 is 1.81 bits per heavy atom. The molecule has 0 radical (unpaired) electrons. The molecule has 0 aliphatic carbocycles. The average molecular weight is 316 g/mol. The van der Waals surface area contributed by atoms with Gasteiger partial charge in [-0.05, 0) is 20.8 Å². The van der Waals surface area contributed by atoms with Crippen LogP contribution in [0, 0.1) is 0 Å². The Balaban J connectivity index is 2.65. The number of ether oxygens (including phenoxy) is 3. The second kappa shape index (κ2) is 7.41. The third-order valence-electron chi connectivity index (χ3n) is 2.54. The first-order chi connectivity index (χ1) is 9.76. The molecule has 0 heterocycles. The first-order valence-electron chi connectivity index (χ1n) is 6.64. The molecule has 0 spiro atoms. The molecule has 118 valence electrons. The Morgan fingerprint density at radius 1 is 1.19 bits per heavy atom. The van der Waals surface area contributed by atoms with Gasteiger partial charge in [-0.2, -0.15) is 0 Å². The van der Waals surface area contributed by atoms with Crippen LogP contribution in [0.4, 0.5) is 5.69 Å². The number of carbonyl (C=O) groups is 1. The zero-order valence-electron chi connectivity index (χ0n) is 13.1. The molecule has 0 atom stereocenters. The van der Waals surface area contributed by atoms with E-state index in [1.165, 1.54) is 7.11 Å². The Morgan fingerprint density at radius 3 is 2.33 bits per heavy atom. The lowest BCUT2D eigenvalue weighted by molar-refractivity contribution is -0.154. The Hall–Kier alpha value is -1.62. The van der Waals surface area contributed by atoms with Crippen molar-refractivity contribution in [2.24, 2.45) is 0 Å². The minimum atomic E-state index is -0.474. The van der Waals surface area contributed by atoms with E-state index in [2.05, 4.69) is 5.32 Å². The number of rotatable bonds is 6. The molecule has 6 heteroatoms. The smallest absolute Gasteiger partial charge is 0.308 e. The number of anilines is 1. The van der Waals surface area contributed by atoms with Crippen molar-refractivity contribution in [1.29, 1.82) is 0 Å². The van der Waals surface area contributed by atoms with E-state index in [4.69, 9.17) is 25.8 Å². The highest BCUT2D eigenvalue weighted by Gasteiger charge is 2.16. The molecule has 0 aliphatic rings. The van der Waals surface area contributed by atoms with Crippen molar-refractivity contribution >= 4 is 23.3 Å². The van der Waals surface area contributed by atoms with Gasteiger partial charge in [-0.25, -0.2) is 0 Å². The Labute approximate surface area is 130 Å². The molecule has 0 unspecified atom stereocenters. The van der Waals surface area contributed by atoms with Crippen LogP contribution in [0.1, 0.15) is 27.2 Å². The number of carbonyl (C=O) groups excluding carboxylic acids is 1. The van der Waals surface area contributed by atoms with Crippen LogP contribution in [0.25, 0.3) is 0 Å². The zero-order valence-corrected chi connectivity index (χ0v) is 13.8. The summed E-state index contributed by atoms with van der Waals surface area (Å²) in [5.74, 6) is 0.872. The summed E-state index contributed by atoms with van der Waals surface area (Å²) >= 11 is 6.03. The van der Waals surface area contributed by atoms with Gasteiger partial charge in [-0.15, -0.1) is 0 Å². The average Bonchev–Trinajstić information content (AvgIpc) is 2.37. The molecule has 0 amide bonds. The maximum Gasteiger partial charge on any atom is 0.308 e. The summed E-state index contributed by atoms with van der Waals surface area (Å²) in [6.07, 6.45) is 0.255. The summed E-state index contributed by atoms with van der Waals surface area (Å²) in [5.41, 5.74) is 0.237. The monoisotopic (exact) mass is 315 g/mol. The zero-order chi connectivity index (χ0) is 16.0. The predicted molar refractivity (Wildman–Crippen MR) is 83.5 cm³/mol. The minimum absolute atomic E-state index is 0.255. The minimum Gasteiger partial charge on any atom is -0.495 e. The first-order valence-corrected chi connectivity index (χ1v) is 7.02. The van der Waals surface area contributed by atoms with Crippen LogP contribution in [0.2, 0.25) is 5.02 Å². The van der Waals surface area contributed by atoms with Gasteiger partial charge in [0.25, 0.3) is 0 Å². The molecule has 0 aliphatic heterocycles. The van der Waals surface area contributed by atoms with E-state index in [-0.39, 0.29) is 12.4 Å². The summed E-state index contributed by atoms with van der Waals surface area (Å²) in [6.45, 7) is 5.94. The van der Waals surface area contributed by atoms with Crippen LogP contribution in [0.5, 0.6) is 11.5 Å². The molecule has 0 saturated carbocycles. The quantitative estimate of drug-likeness (QED) is 0.814. The van der Waals surface area contributed by atoms with Crippen molar-refractivity contribution in [3.8, 4) is 11.5 Å². The standard InChI is InChI=1S/C15H22ClNO4/c1-15(2,3)21-14(18)6-7-17-11-9-12(19-4)10(16)8-13(11)20-5/h8-9,17H,6-7H2,1-5H3.